The van der Waals surface area contributed by atoms with Gasteiger partial charge in [0.15, 0.2) is 5.16 Å². The molecule has 3 aromatic rings. The number of nitrogens with zero attached hydrogens (tertiary/aromatic N) is 3. The van der Waals surface area contributed by atoms with E-state index in [4.69, 9.17) is 9.72 Å². The van der Waals surface area contributed by atoms with Gasteiger partial charge in [0.05, 0.1) is 24.3 Å². The molecule has 28 heavy (non-hydrogen) atoms. The quantitative estimate of drug-likeness (QED) is 0.469. The van der Waals surface area contributed by atoms with Gasteiger partial charge >= 0.3 is 0 Å². The van der Waals surface area contributed by atoms with Crippen LogP contribution in [0.2, 0.25) is 0 Å². The van der Waals surface area contributed by atoms with Crippen molar-refractivity contribution in [2.75, 3.05) is 38.6 Å². The van der Waals surface area contributed by atoms with Gasteiger partial charge in [0, 0.05) is 30.3 Å². The van der Waals surface area contributed by atoms with Crippen molar-refractivity contribution >= 4 is 33.3 Å². The van der Waals surface area contributed by atoms with Crippen molar-refractivity contribution < 1.29 is 4.74 Å². The van der Waals surface area contributed by atoms with Crippen LogP contribution >= 0.6 is 23.1 Å². The summed E-state index contributed by atoms with van der Waals surface area (Å²) in [7, 11) is 0. The number of aromatic nitrogens is 2. The minimum absolute atomic E-state index is 0.0320. The number of hydrogen-bond donors (Lipinski definition) is 0. The molecule has 148 valence electrons. The van der Waals surface area contributed by atoms with Crippen molar-refractivity contribution in [3.05, 3.63) is 50.6 Å². The number of hydrogen-bond acceptors (Lipinski definition) is 6. The van der Waals surface area contributed by atoms with Crippen LogP contribution in [0.4, 0.5) is 0 Å². The number of thioether (sulfide) groups is 1. The standard InChI is InChI=1S/C21H25N3O2S2/c1-14-4-6-17(7-5-14)24-20(25)18-15(2)16(3)28-19(18)22-21(24)27-13-10-23-8-11-26-12-9-23/h4-7H,8-13H2,1-3H3. The second kappa shape index (κ2) is 8.37. The maximum atomic E-state index is 13.4. The Morgan fingerprint density at radius 1 is 1.14 bits per heavy atom. The second-order valence-electron chi connectivity index (χ2n) is 7.14. The van der Waals surface area contributed by atoms with Crippen LogP contribution in [0.5, 0.6) is 0 Å². The zero-order valence-corrected chi connectivity index (χ0v) is 18.2. The van der Waals surface area contributed by atoms with Crippen LogP contribution in [-0.4, -0.2) is 53.1 Å². The van der Waals surface area contributed by atoms with E-state index < -0.39 is 0 Å². The molecule has 1 aromatic carbocycles. The van der Waals surface area contributed by atoms with Gasteiger partial charge < -0.3 is 4.74 Å². The number of benzene rings is 1. The number of fused-ring (bicyclic) bond motifs is 1. The highest BCUT2D eigenvalue weighted by molar-refractivity contribution is 7.99. The molecule has 0 aliphatic carbocycles. The van der Waals surface area contributed by atoms with Crippen LogP contribution in [0.15, 0.2) is 34.2 Å². The average molecular weight is 416 g/mol. The fourth-order valence-electron chi connectivity index (χ4n) is 3.38. The predicted octanol–water partition coefficient (Wildman–Crippen LogP) is 3.80. The van der Waals surface area contributed by atoms with Gasteiger partial charge in [-0.1, -0.05) is 29.5 Å². The van der Waals surface area contributed by atoms with E-state index in [2.05, 4.69) is 18.7 Å². The lowest BCUT2D eigenvalue weighted by Gasteiger charge is -2.26. The van der Waals surface area contributed by atoms with Crippen molar-refractivity contribution in [1.29, 1.82) is 0 Å². The van der Waals surface area contributed by atoms with E-state index in [0.717, 1.165) is 70.1 Å². The molecule has 1 fully saturated rings. The molecule has 7 heteroatoms. The second-order valence-corrected chi connectivity index (χ2v) is 9.40. The molecule has 1 aliphatic rings. The summed E-state index contributed by atoms with van der Waals surface area (Å²) >= 11 is 3.27. The Kier molecular flexibility index (Phi) is 5.87. The summed E-state index contributed by atoms with van der Waals surface area (Å²) < 4.78 is 7.21. The van der Waals surface area contributed by atoms with Crippen molar-refractivity contribution in [1.82, 2.24) is 14.5 Å². The SMILES string of the molecule is Cc1ccc(-n2c(SCCN3CCOCC3)nc3sc(C)c(C)c3c2=O)cc1. The normalized spacial score (nSPS) is 15.4. The van der Waals surface area contributed by atoms with E-state index in [1.165, 1.54) is 5.56 Å². The van der Waals surface area contributed by atoms with Crippen LogP contribution < -0.4 is 5.56 Å². The first kappa shape index (κ1) is 19.6. The molecule has 0 radical (unpaired) electrons. The summed E-state index contributed by atoms with van der Waals surface area (Å²) in [5, 5.41) is 1.52. The van der Waals surface area contributed by atoms with Crippen LogP contribution in [0.3, 0.4) is 0 Å². The van der Waals surface area contributed by atoms with Gasteiger partial charge in [-0.05, 0) is 38.5 Å². The zero-order valence-electron chi connectivity index (χ0n) is 16.5. The number of aryl methyl sites for hydroxylation is 3. The monoisotopic (exact) mass is 415 g/mol. The third-order valence-corrected chi connectivity index (χ3v) is 7.23. The minimum Gasteiger partial charge on any atom is -0.379 e. The van der Waals surface area contributed by atoms with Crippen LogP contribution in [0, 0.1) is 20.8 Å². The summed E-state index contributed by atoms with van der Waals surface area (Å²) in [6.45, 7) is 10.6. The number of morpholine rings is 1. The molecule has 0 bridgehead atoms. The highest BCUT2D eigenvalue weighted by atomic mass is 32.2. The zero-order chi connectivity index (χ0) is 19.7. The number of ether oxygens (including phenoxy) is 1. The summed E-state index contributed by atoms with van der Waals surface area (Å²) in [4.78, 5) is 22.7. The fraction of sp³-hybridized carbons (Fsp3) is 0.429. The number of rotatable bonds is 5. The van der Waals surface area contributed by atoms with Gasteiger partial charge in [-0.15, -0.1) is 11.3 Å². The summed E-state index contributed by atoms with van der Waals surface area (Å²) in [5.74, 6) is 0.896. The topological polar surface area (TPSA) is 47.4 Å². The molecule has 0 saturated carbocycles. The van der Waals surface area contributed by atoms with Crippen LogP contribution in [0.1, 0.15) is 16.0 Å². The van der Waals surface area contributed by atoms with Gasteiger partial charge in [-0.3, -0.25) is 14.3 Å². The Balaban J connectivity index is 1.71. The van der Waals surface area contributed by atoms with E-state index >= 15 is 0 Å². The van der Waals surface area contributed by atoms with E-state index in [0.29, 0.717) is 0 Å². The Hall–Kier alpha value is -1.67. The van der Waals surface area contributed by atoms with E-state index in [1.807, 2.05) is 31.2 Å². The molecule has 0 spiro atoms. The molecular weight excluding hydrogens is 390 g/mol. The lowest BCUT2D eigenvalue weighted by Crippen LogP contribution is -2.37. The minimum atomic E-state index is 0.0320. The van der Waals surface area contributed by atoms with Gasteiger partial charge in [-0.25, -0.2) is 4.98 Å². The van der Waals surface area contributed by atoms with Crippen LogP contribution in [0.25, 0.3) is 15.9 Å². The first-order chi connectivity index (χ1) is 13.5. The molecule has 1 aliphatic heterocycles. The summed E-state index contributed by atoms with van der Waals surface area (Å²) in [6.07, 6.45) is 0. The Morgan fingerprint density at radius 3 is 2.57 bits per heavy atom. The van der Waals surface area contributed by atoms with Crippen molar-refractivity contribution in [3.63, 3.8) is 0 Å². The Morgan fingerprint density at radius 2 is 1.86 bits per heavy atom. The first-order valence-electron chi connectivity index (χ1n) is 9.57. The lowest BCUT2D eigenvalue weighted by molar-refractivity contribution is 0.0410. The van der Waals surface area contributed by atoms with Crippen molar-refractivity contribution in [3.8, 4) is 5.69 Å². The molecule has 0 N–H and O–H groups in total. The average Bonchev–Trinajstić information content (AvgIpc) is 2.98. The van der Waals surface area contributed by atoms with E-state index in [1.54, 1.807) is 27.7 Å². The number of thiophene rings is 1. The third kappa shape index (κ3) is 3.89. The fourth-order valence-corrected chi connectivity index (χ4v) is 5.47. The molecule has 3 heterocycles. The third-order valence-electron chi connectivity index (χ3n) is 5.21. The van der Waals surface area contributed by atoms with Crippen molar-refractivity contribution in [2.24, 2.45) is 0 Å². The highest BCUT2D eigenvalue weighted by Crippen LogP contribution is 2.29. The van der Waals surface area contributed by atoms with Gasteiger partial charge in [-0.2, -0.15) is 0 Å². The first-order valence-corrected chi connectivity index (χ1v) is 11.4. The maximum Gasteiger partial charge on any atom is 0.267 e. The Labute approximate surface area is 173 Å². The van der Waals surface area contributed by atoms with E-state index in [-0.39, 0.29) is 5.56 Å². The molecule has 0 amide bonds. The molecule has 2 aromatic heterocycles. The molecule has 0 unspecified atom stereocenters. The van der Waals surface area contributed by atoms with Gasteiger partial charge in [0.2, 0.25) is 0 Å². The Bertz CT molecular complexity index is 1030. The van der Waals surface area contributed by atoms with Gasteiger partial charge in [0.25, 0.3) is 5.56 Å². The molecule has 0 atom stereocenters. The maximum absolute atomic E-state index is 13.4. The molecule has 5 nitrogen and oxygen atoms in total. The van der Waals surface area contributed by atoms with Crippen LogP contribution in [-0.2, 0) is 4.74 Å². The highest BCUT2D eigenvalue weighted by Gasteiger charge is 2.18. The summed E-state index contributed by atoms with van der Waals surface area (Å²) in [5.41, 5.74) is 3.13. The molecule has 4 rings (SSSR count). The lowest BCUT2D eigenvalue weighted by atomic mass is 10.2. The molecule has 1 saturated heterocycles. The molecular formula is C21H25N3O2S2. The largest absolute Gasteiger partial charge is 0.379 e. The van der Waals surface area contributed by atoms with E-state index in [9.17, 15) is 4.79 Å². The predicted molar refractivity (Wildman–Crippen MR) is 117 cm³/mol. The summed E-state index contributed by atoms with van der Waals surface area (Å²) in [6, 6.07) is 8.09. The van der Waals surface area contributed by atoms with Crippen molar-refractivity contribution in [2.45, 2.75) is 25.9 Å². The van der Waals surface area contributed by atoms with Gasteiger partial charge in [0.1, 0.15) is 4.83 Å². The smallest absolute Gasteiger partial charge is 0.267 e.